The van der Waals surface area contributed by atoms with E-state index < -0.39 is 5.92 Å². The van der Waals surface area contributed by atoms with Crippen molar-refractivity contribution in [3.05, 3.63) is 77.1 Å². The third-order valence-electron chi connectivity index (χ3n) is 4.69. The molecule has 2 aromatic carbocycles. The molecule has 2 heterocycles. The lowest BCUT2D eigenvalue weighted by Crippen LogP contribution is -2.42. The predicted octanol–water partition coefficient (Wildman–Crippen LogP) is 1.71. The van der Waals surface area contributed by atoms with Crippen LogP contribution in [0.1, 0.15) is 22.6 Å². The quantitative estimate of drug-likeness (QED) is 0.884. The smallest absolute Gasteiger partial charge is 0.253 e. The van der Waals surface area contributed by atoms with Crippen LogP contribution in [0.4, 0.5) is 5.69 Å². The molecule has 1 radical (unpaired) electrons. The Morgan fingerprint density at radius 1 is 1.19 bits per heavy atom. The molecule has 0 bridgehead atoms. The lowest BCUT2D eigenvalue weighted by Gasteiger charge is -2.24. The third kappa shape index (κ3) is 2.90. The highest BCUT2D eigenvalue weighted by molar-refractivity contribution is 5.95. The van der Waals surface area contributed by atoms with Crippen LogP contribution in [-0.2, 0) is 16.1 Å². The Bertz CT molecular complexity index is 889. The van der Waals surface area contributed by atoms with Gasteiger partial charge in [0.1, 0.15) is 12.5 Å². The van der Waals surface area contributed by atoms with Gasteiger partial charge in [-0.2, -0.15) is 5.43 Å². The van der Waals surface area contributed by atoms with Crippen molar-refractivity contribution in [1.29, 1.82) is 0 Å². The number of carbonyl (C=O) groups is 2. The molecule has 0 spiro atoms. The molecule has 2 amide bonds. The molecule has 0 saturated carbocycles. The van der Waals surface area contributed by atoms with Gasteiger partial charge in [-0.05, 0) is 24.1 Å². The maximum atomic E-state index is 12.5. The fraction of sp³-hybridized carbons (Fsp3) is 0.200. The van der Waals surface area contributed by atoms with Gasteiger partial charge < -0.3 is 10.2 Å². The molecule has 0 aliphatic carbocycles. The van der Waals surface area contributed by atoms with Crippen molar-refractivity contribution in [3.8, 4) is 0 Å². The van der Waals surface area contributed by atoms with Crippen molar-refractivity contribution < 1.29 is 9.59 Å². The van der Waals surface area contributed by atoms with Gasteiger partial charge in [0.2, 0.25) is 5.91 Å². The van der Waals surface area contributed by atoms with E-state index in [9.17, 15) is 9.59 Å². The summed E-state index contributed by atoms with van der Waals surface area (Å²) in [5.74, 6) is -0.681. The summed E-state index contributed by atoms with van der Waals surface area (Å²) in [7, 11) is 0. The van der Waals surface area contributed by atoms with E-state index >= 15 is 0 Å². The van der Waals surface area contributed by atoms with E-state index in [0.29, 0.717) is 6.54 Å². The maximum Gasteiger partial charge on any atom is 0.253 e. The second-order valence-electron chi connectivity index (χ2n) is 6.50. The van der Waals surface area contributed by atoms with Crippen LogP contribution in [0, 0.1) is 6.92 Å². The van der Waals surface area contributed by atoms with Gasteiger partial charge in [0.05, 0.1) is 11.9 Å². The Balaban J connectivity index is 1.50. The van der Waals surface area contributed by atoms with E-state index in [1.807, 2.05) is 60.4 Å². The van der Waals surface area contributed by atoms with Gasteiger partial charge >= 0.3 is 0 Å². The average Bonchev–Trinajstić information content (AvgIpc) is 2.97. The zero-order valence-corrected chi connectivity index (χ0v) is 14.4. The largest absolute Gasteiger partial charge is 0.350 e. The Labute approximate surface area is 151 Å². The summed E-state index contributed by atoms with van der Waals surface area (Å²) in [6.45, 7) is 2.65. The SMILES string of the molecule is Cc1ccc(CNC(=O)CN2C3=C[N]NC(=O)C3c3ccccc32)cc1. The van der Waals surface area contributed by atoms with Crippen LogP contribution in [0.15, 0.2) is 60.4 Å². The van der Waals surface area contributed by atoms with Gasteiger partial charge in [-0.15, -0.1) is 0 Å². The van der Waals surface area contributed by atoms with Crippen molar-refractivity contribution in [2.75, 3.05) is 11.4 Å². The molecule has 2 aromatic rings. The number of rotatable bonds is 4. The zero-order chi connectivity index (χ0) is 18.1. The predicted molar refractivity (Wildman–Crippen MR) is 97.9 cm³/mol. The number of amides is 2. The first-order chi connectivity index (χ1) is 12.6. The molecular weight excluding hydrogens is 328 g/mol. The summed E-state index contributed by atoms with van der Waals surface area (Å²) in [4.78, 5) is 26.6. The first kappa shape index (κ1) is 16.2. The fourth-order valence-corrected chi connectivity index (χ4v) is 3.36. The van der Waals surface area contributed by atoms with Gasteiger partial charge in [0, 0.05) is 12.2 Å². The van der Waals surface area contributed by atoms with Crippen LogP contribution >= 0.6 is 0 Å². The summed E-state index contributed by atoms with van der Waals surface area (Å²) in [6.07, 6.45) is 1.62. The Kier molecular flexibility index (Phi) is 4.08. The highest BCUT2D eigenvalue weighted by Crippen LogP contribution is 2.43. The molecule has 6 heteroatoms. The number of hydrogen-bond acceptors (Lipinski definition) is 3. The zero-order valence-electron chi connectivity index (χ0n) is 14.4. The van der Waals surface area contributed by atoms with E-state index in [2.05, 4.69) is 16.2 Å². The Morgan fingerprint density at radius 3 is 2.77 bits per heavy atom. The van der Waals surface area contributed by atoms with Crippen molar-refractivity contribution >= 4 is 17.5 Å². The maximum absolute atomic E-state index is 12.5. The van der Waals surface area contributed by atoms with Gasteiger partial charge in [0.15, 0.2) is 0 Å². The summed E-state index contributed by atoms with van der Waals surface area (Å²) in [6, 6.07) is 15.7. The Morgan fingerprint density at radius 2 is 1.96 bits per heavy atom. The lowest BCUT2D eigenvalue weighted by atomic mass is 9.98. The third-order valence-corrected chi connectivity index (χ3v) is 4.69. The number of benzene rings is 2. The number of nitrogens with one attached hydrogen (secondary N) is 2. The monoisotopic (exact) mass is 347 g/mol. The van der Waals surface area contributed by atoms with E-state index in [-0.39, 0.29) is 18.4 Å². The van der Waals surface area contributed by atoms with Crippen LogP contribution in [0.3, 0.4) is 0 Å². The second kappa shape index (κ2) is 6.55. The molecule has 0 aromatic heterocycles. The molecule has 0 saturated heterocycles. The van der Waals surface area contributed by atoms with Gasteiger partial charge in [-0.1, -0.05) is 48.0 Å². The number of carbonyl (C=O) groups excluding carboxylic acids is 2. The number of anilines is 1. The summed E-state index contributed by atoms with van der Waals surface area (Å²) >= 11 is 0. The minimum atomic E-state index is -0.409. The summed E-state index contributed by atoms with van der Waals surface area (Å²) in [5, 5.41) is 2.94. The molecule has 131 valence electrons. The molecule has 26 heavy (non-hydrogen) atoms. The van der Waals surface area contributed by atoms with Crippen molar-refractivity contribution in [2.45, 2.75) is 19.4 Å². The van der Waals surface area contributed by atoms with E-state index in [1.165, 1.54) is 5.56 Å². The first-order valence-electron chi connectivity index (χ1n) is 8.52. The van der Waals surface area contributed by atoms with E-state index in [4.69, 9.17) is 0 Å². The fourth-order valence-electron chi connectivity index (χ4n) is 3.36. The van der Waals surface area contributed by atoms with Crippen LogP contribution in [0.2, 0.25) is 0 Å². The highest BCUT2D eigenvalue weighted by Gasteiger charge is 2.41. The van der Waals surface area contributed by atoms with Crippen molar-refractivity contribution in [1.82, 2.24) is 16.2 Å². The number of aryl methyl sites for hydroxylation is 1. The number of hydrogen-bond donors (Lipinski definition) is 2. The molecule has 2 N–H and O–H groups in total. The minimum absolute atomic E-state index is 0.104. The molecule has 6 nitrogen and oxygen atoms in total. The molecule has 2 aliphatic heterocycles. The number of nitrogens with zero attached hydrogens (tertiary/aromatic N) is 2. The second-order valence-corrected chi connectivity index (χ2v) is 6.50. The van der Waals surface area contributed by atoms with Crippen LogP contribution < -0.4 is 21.1 Å². The van der Waals surface area contributed by atoms with Crippen LogP contribution in [-0.4, -0.2) is 18.4 Å². The topological polar surface area (TPSA) is 75.5 Å². The van der Waals surface area contributed by atoms with Gasteiger partial charge in [-0.3, -0.25) is 9.59 Å². The standard InChI is InChI=1S/C20H19N4O2/c1-13-6-8-14(9-7-13)10-21-18(25)12-24-16-5-3-2-4-15(16)19-17(24)11-22-23-20(19)26/h2-9,11,19H,10,12H2,1H3,(H,21,25)(H,23,26). The molecular formula is C20H19N4O2. The number of para-hydroxylation sites is 1. The summed E-state index contributed by atoms with van der Waals surface area (Å²) < 4.78 is 0. The normalized spacial score (nSPS) is 17.6. The van der Waals surface area contributed by atoms with Crippen LogP contribution in [0.25, 0.3) is 0 Å². The van der Waals surface area contributed by atoms with E-state index in [1.54, 1.807) is 6.20 Å². The number of fused-ring (bicyclic) bond motifs is 3. The molecule has 1 atom stereocenters. The highest BCUT2D eigenvalue weighted by atomic mass is 16.2. The Hall–Kier alpha value is -3.28. The van der Waals surface area contributed by atoms with Crippen molar-refractivity contribution in [2.24, 2.45) is 0 Å². The lowest BCUT2D eigenvalue weighted by molar-refractivity contribution is -0.123. The van der Waals surface area contributed by atoms with E-state index in [0.717, 1.165) is 22.5 Å². The average molecular weight is 347 g/mol. The summed E-state index contributed by atoms with van der Waals surface area (Å²) in [5.41, 5.74) is 11.2. The molecule has 1 unspecified atom stereocenters. The first-order valence-corrected chi connectivity index (χ1v) is 8.52. The van der Waals surface area contributed by atoms with Crippen molar-refractivity contribution in [3.63, 3.8) is 0 Å². The van der Waals surface area contributed by atoms with Crippen LogP contribution in [0.5, 0.6) is 0 Å². The minimum Gasteiger partial charge on any atom is -0.350 e. The molecule has 0 fully saturated rings. The van der Waals surface area contributed by atoms with Gasteiger partial charge in [-0.25, -0.2) is 5.43 Å². The van der Waals surface area contributed by atoms with Gasteiger partial charge in [0.25, 0.3) is 5.91 Å². The molecule has 2 aliphatic rings. The molecule has 4 rings (SSSR count).